The Morgan fingerprint density at radius 3 is 1.81 bits per heavy atom. The first-order valence-corrected chi connectivity index (χ1v) is 11.1. The standard InChI is InChI=1S/C25H29F6N/c1-17(2)6-15-23(19-9-13-21(14-10-19)25(29,30)31)32-16-4-3-5-22(32)18-7-11-20(12-8-18)24(26,27)28/h7-14,17,22-23H,3-6,15-16H2,1-2H3/t22?,23-/m1/s1. The number of alkyl halides is 6. The molecule has 0 saturated carbocycles. The van der Waals surface area contributed by atoms with Crippen molar-refractivity contribution in [3.8, 4) is 0 Å². The van der Waals surface area contributed by atoms with E-state index in [4.69, 9.17) is 0 Å². The number of halogens is 6. The van der Waals surface area contributed by atoms with Gasteiger partial charge in [0, 0.05) is 12.1 Å². The molecule has 1 aliphatic rings. The maximum Gasteiger partial charge on any atom is 0.416 e. The second-order valence-electron chi connectivity index (χ2n) is 8.98. The van der Waals surface area contributed by atoms with Crippen LogP contribution in [0.25, 0.3) is 0 Å². The normalized spacial score (nSPS) is 19.3. The van der Waals surface area contributed by atoms with Gasteiger partial charge < -0.3 is 0 Å². The topological polar surface area (TPSA) is 3.24 Å². The number of likely N-dealkylation sites (tertiary alicyclic amines) is 1. The number of rotatable bonds is 6. The van der Waals surface area contributed by atoms with E-state index in [1.807, 2.05) is 0 Å². The first-order valence-electron chi connectivity index (χ1n) is 11.1. The van der Waals surface area contributed by atoms with E-state index in [9.17, 15) is 26.3 Å². The van der Waals surface area contributed by atoms with Crippen LogP contribution in [0.1, 0.15) is 80.3 Å². The zero-order valence-corrected chi connectivity index (χ0v) is 18.3. The van der Waals surface area contributed by atoms with Crippen molar-refractivity contribution >= 4 is 0 Å². The summed E-state index contributed by atoms with van der Waals surface area (Å²) in [6, 6.07) is 10.5. The lowest BCUT2D eigenvalue weighted by Gasteiger charge is -2.42. The summed E-state index contributed by atoms with van der Waals surface area (Å²) in [4.78, 5) is 2.27. The molecule has 0 spiro atoms. The molecule has 1 aliphatic heterocycles. The van der Waals surface area contributed by atoms with Crippen LogP contribution in [0.4, 0.5) is 26.3 Å². The van der Waals surface area contributed by atoms with Crippen molar-refractivity contribution < 1.29 is 26.3 Å². The van der Waals surface area contributed by atoms with Gasteiger partial charge in [0.1, 0.15) is 0 Å². The summed E-state index contributed by atoms with van der Waals surface area (Å²) in [7, 11) is 0. The summed E-state index contributed by atoms with van der Waals surface area (Å²) in [6.07, 6.45) is -4.36. The van der Waals surface area contributed by atoms with E-state index in [2.05, 4.69) is 18.7 Å². The zero-order valence-electron chi connectivity index (χ0n) is 18.3. The van der Waals surface area contributed by atoms with Gasteiger partial charge in [-0.1, -0.05) is 44.5 Å². The molecule has 1 fully saturated rings. The fraction of sp³-hybridized carbons (Fsp3) is 0.520. The molecular weight excluding hydrogens is 428 g/mol. The number of hydrogen-bond acceptors (Lipinski definition) is 1. The number of hydrogen-bond donors (Lipinski definition) is 0. The van der Waals surface area contributed by atoms with Crippen LogP contribution in [0, 0.1) is 5.92 Å². The van der Waals surface area contributed by atoms with Crippen LogP contribution in [-0.4, -0.2) is 11.4 Å². The third-order valence-corrected chi connectivity index (χ3v) is 6.21. The van der Waals surface area contributed by atoms with E-state index >= 15 is 0 Å². The van der Waals surface area contributed by atoms with Gasteiger partial charge in [0.15, 0.2) is 0 Å². The highest BCUT2D eigenvalue weighted by Gasteiger charge is 2.34. The Hall–Kier alpha value is -2.02. The second kappa shape index (κ2) is 9.86. The average Bonchev–Trinajstić information content (AvgIpc) is 2.73. The number of nitrogens with zero attached hydrogens (tertiary/aromatic N) is 1. The minimum Gasteiger partial charge on any atom is -0.289 e. The van der Waals surface area contributed by atoms with Crippen molar-refractivity contribution in [3.05, 3.63) is 70.8 Å². The van der Waals surface area contributed by atoms with Gasteiger partial charge in [-0.2, -0.15) is 26.3 Å². The molecule has 1 unspecified atom stereocenters. The van der Waals surface area contributed by atoms with Gasteiger partial charge in [-0.15, -0.1) is 0 Å². The van der Waals surface area contributed by atoms with Crippen LogP contribution < -0.4 is 0 Å². The van der Waals surface area contributed by atoms with Crippen LogP contribution in [0.15, 0.2) is 48.5 Å². The van der Waals surface area contributed by atoms with Crippen LogP contribution in [0.2, 0.25) is 0 Å². The van der Waals surface area contributed by atoms with Gasteiger partial charge in [0.2, 0.25) is 0 Å². The van der Waals surface area contributed by atoms with Crippen LogP contribution in [0.3, 0.4) is 0 Å². The molecule has 176 valence electrons. The van der Waals surface area contributed by atoms with Crippen molar-refractivity contribution in [2.75, 3.05) is 6.54 Å². The smallest absolute Gasteiger partial charge is 0.289 e. The lowest BCUT2D eigenvalue weighted by Crippen LogP contribution is -2.37. The third kappa shape index (κ3) is 6.06. The summed E-state index contributed by atoms with van der Waals surface area (Å²) in [5, 5.41) is 0. The summed E-state index contributed by atoms with van der Waals surface area (Å²) in [6.45, 7) is 4.97. The van der Waals surface area contributed by atoms with Gasteiger partial charge in [-0.25, -0.2) is 0 Å². The number of benzene rings is 2. The highest BCUT2D eigenvalue weighted by atomic mass is 19.4. The molecule has 2 aromatic carbocycles. The predicted molar refractivity (Wildman–Crippen MR) is 113 cm³/mol. The molecule has 0 radical (unpaired) electrons. The van der Waals surface area contributed by atoms with Gasteiger partial charge in [0.25, 0.3) is 0 Å². The van der Waals surface area contributed by atoms with Crippen LogP contribution in [0.5, 0.6) is 0 Å². The highest BCUT2D eigenvalue weighted by Crippen LogP contribution is 2.41. The Morgan fingerprint density at radius 1 is 0.781 bits per heavy atom. The van der Waals surface area contributed by atoms with E-state index in [0.29, 0.717) is 5.92 Å². The first-order chi connectivity index (χ1) is 15.0. The SMILES string of the molecule is CC(C)CC[C@H](c1ccc(C(F)(F)F)cc1)N1CCCCC1c1ccc(C(F)(F)F)cc1. The van der Waals surface area contributed by atoms with Gasteiger partial charge in [0.05, 0.1) is 11.1 Å². The molecule has 2 atom stereocenters. The van der Waals surface area contributed by atoms with E-state index in [1.54, 1.807) is 12.1 Å². The fourth-order valence-corrected chi connectivity index (χ4v) is 4.49. The van der Waals surface area contributed by atoms with Crippen LogP contribution in [-0.2, 0) is 12.4 Å². The van der Waals surface area contributed by atoms with Gasteiger partial charge >= 0.3 is 12.4 Å². The summed E-state index contributed by atoms with van der Waals surface area (Å²) in [5.41, 5.74) is 0.279. The molecule has 0 aromatic heterocycles. The van der Waals surface area contributed by atoms with Crippen molar-refractivity contribution in [2.24, 2.45) is 5.92 Å². The van der Waals surface area contributed by atoms with E-state index in [0.717, 1.165) is 74.0 Å². The highest BCUT2D eigenvalue weighted by molar-refractivity contribution is 5.30. The largest absolute Gasteiger partial charge is 0.416 e. The Balaban J connectivity index is 1.92. The molecule has 3 rings (SSSR count). The Morgan fingerprint density at radius 2 is 1.31 bits per heavy atom. The molecule has 0 aliphatic carbocycles. The second-order valence-corrected chi connectivity index (χ2v) is 8.98. The van der Waals surface area contributed by atoms with E-state index in [-0.39, 0.29) is 12.1 Å². The van der Waals surface area contributed by atoms with E-state index in [1.165, 1.54) is 12.1 Å². The molecule has 7 heteroatoms. The lowest BCUT2D eigenvalue weighted by molar-refractivity contribution is -0.138. The molecule has 0 N–H and O–H groups in total. The molecule has 1 nitrogen and oxygen atoms in total. The Labute approximate surface area is 185 Å². The minimum absolute atomic E-state index is 0.0644. The van der Waals surface area contributed by atoms with Crippen molar-refractivity contribution in [2.45, 2.75) is 70.4 Å². The molecule has 2 aromatic rings. The Kier molecular flexibility index (Phi) is 7.58. The Bertz CT molecular complexity index is 852. The first kappa shape index (κ1) is 24.6. The van der Waals surface area contributed by atoms with Crippen molar-refractivity contribution in [1.82, 2.24) is 4.90 Å². The summed E-state index contributed by atoms with van der Waals surface area (Å²) in [5.74, 6) is 0.432. The van der Waals surface area contributed by atoms with Gasteiger partial charge in [-0.3, -0.25) is 4.90 Å². The predicted octanol–water partition coefficient (Wildman–Crippen LogP) is 8.43. The summed E-state index contributed by atoms with van der Waals surface area (Å²) < 4.78 is 78.1. The third-order valence-electron chi connectivity index (χ3n) is 6.21. The monoisotopic (exact) mass is 457 g/mol. The molecule has 1 saturated heterocycles. The average molecular weight is 458 g/mol. The quantitative estimate of drug-likeness (QED) is 0.394. The summed E-state index contributed by atoms with van der Waals surface area (Å²) >= 11 is 0. The molecule has 0 amide bonds. The minimum atomic E-state index is -4.39. The van der Waals surface area contributed by atoms with Crippen molar-refractivity contribution in [1.29, 1.82) is 0 Å². The maximum atomic E-state index is 13.0. The zero-order chi connectivity index (χ0) is 23.5. The van der Waals surface area contributed by atoms with Gasteiger partial charge in [-0.05, 0) is 73.5 Å². The molecule has 0 bridgehead atoms. The molecule has 32 heavy (non-hydrogen) atoms. The van der Waals surface area contributed by atoms with Crippen LogP contribution >= 0.6 is 0 Å². The maximum absolute atomic E-state index is 13.0. The molecule has 1 heterocycles. The molecular formula is C25H29F6N. The fourth-order valence-electron chi connectivity index (χ4n) is 4.49. The van der Waals surface area contributed by atoms with Crippen molar-refractivity contribution in [3.63, 3.8) is 0 Å². The van der Waals surface area contributed by atoms with E-state index < -0.39 is 23.5 Å². The number of piperidine rings is 1. The lowest BCUT2D eigenvalue weighted by atomic mass is 9.88.